The summed E-state index contributed by atoms with van der Waals surface area (Å²) >= 11 is 0. The van der Waals surface area contributed by atoms with Gasteiger partial charge in [-0.25, -0.2) is 15.2 Å². The molecule has 6 nitrogen and oxygen atoms in total. The Bertz CT molecular complexity index is 508. The number of aromatic nitrogens is 1. The molecule has 3 N–H and O–H groups in total. The highest BCUT2D eigenvalue weighted by Crippen LogP contribution is 2.35. The lowest BCUT2D eigenvalue weighted by Crippen LogP contribution is -2.42. The Balaban J connectivity index is 2.24. The van der Waals surface area contributed by atoms with Crippen LogP contribution in [-0.4, -0.2) is 42.1 Å². The fraction of sp³-hybridized carbons (Fsp3) is 0.571. The van der Waals surface area contributed by atoms with Crippen LogP contribution in [0.2, 0.25) is 0 Å². The molecule has 1 heterocycles. The molecule has 0 saturated heterocycles. The topological polar surface area (TPSA) is 80.5 Å². The molecule has 116 valence electrons. The maximum Gasteiger partial charge on any atom is 0.257 e. The number of hydrogen-bond acceptors (Lipinski definition) is 5. The van der Waals surface area contributed by atoms with Crippen molar-refractivity contribution in [2.24, 2.45) is 11.8 Å². The van der Waals surface area contributed by atoms with Gasteiger partial charge in [-0.05, 0) is 31.7 Å². The number of halogens is 1. The number of ether oxygens (including phenoxy) is 1. The zero-order valence-electron chi connectivity index (χ0n) is 12.3. The van der Waals surface area contributed by atoms with E-state index in [9.17, 15) is 9.18 Å². The molecule has 1 unspecified atom stereocenters. The number of carbonyl (C=O) groups excluding carboxylic acids is 1. The van der Waals surface area contributed by atoms with E-state index in [4.69, 9.17) is 10.6 Å². The molecular formula is C14H21FN4O2. The van der Waals surface area contributed by atoms with Gasteiger partial charge in [-0.3, -0.25) is 4.79 Å². The molecule has 0 aromatic carbocycles. The fourth-order valence-electron chi connectivity index (χ4n) is 2.38. The number of amides is 1. The van der Waals surface area contributed by atoms with Crippen molar-refractivity contribution in [3.63, 3.8) is 0 Å². The lowest BCUT2D eigenvalue weighted by Gasteiger charge is -2.29. The lowest BCUT2D eigenvalue weighted by atomic mass is 10.1. The van der Waals surface area contributed by atoms with Crippen molar-refractivity contribution in [3.8, 4) is 0 Å². The van der Waals surface area contributed by atoms with E-state index in [1.54, 1.807) is 12.0 Å². The standard InChI is InChI=1S/C14H21FN4O2/c1-9(10-3-4-10)19(7-8-21-2)14(20)11-5-6-17-13(18-16)12(11)15/h5-6,9-10H,3-4,7-8,16H2,1-2H3,(H,17,18). The Morgan fingerprint density at radius 1 is 1.67 bits per heavy atom. The number of nitrogens with zero attached hydrogens (tertiary/aromatic N) is 2. The highest BCUT2D eigenvalue weighted by atomic mass is 19.1. The van der Waals surface area contributed by atoms with Crippen LogP contribution in [0.1, 0.15) is 30.1 Å². The first kappa shape index (κ1) is 15.7. The SMILES string of the molecule is COCCN(C(=O)c1ccnc(NN)c1F)C(C)C1CC1. The number of nitrogen functional groups attached to an aromatic ring is 1. The predicted octanol–water partition coefficient (Wildman–Crippen LogP) is 1.39. The molecule has 1 saturated carbocycles. The second-order valence-electron chi connectivity index (χ2n) is 5.23. The van der Waals surface area contributed by atoms with Crippen LogP contribution in [0.3, 0.4) is 0 Å². The smallest absolute Gasteiger partial charge is 0.257 e. The molecule has 21 heavy (non-hydrogen) atoms. The van der Waals surface area contributed by atoms with Crippen molar-refractivity contribution in [3.05, 3.63) is 23.6 Å². The van der Waals surface area contributed by atoms with Gasteiger partial charge < -0.3 is 15.1 Å². The number of methoxy groups -OCH3 is 1. The summed E-state index contributed by atoms with van der Waals surface area (Å²) in [6, 6.07) is 1.44. The van der Waals surface area contributed by atoms with Crippen LogP contribution in [-0.2, 0) is 4.74 Å². The molecule has 1 amide bonds. The van der Waals surface area contributed by atoms with Gasteiger partial charge in [0.1, 0.15) is 0 Å². The Hall–Kier alpha value is -1.73. The lowest BCUT2D eigenvalue weighted by molar-refractivity contribution is 0.0590. The van der Waals surface area contributed by atoms with Gasteiger partial charge in [0.2, 0.25) is 0 Å². The summed E-state index contributed by atoms with van der Waals surface area (Å²) in [7, 11) is 1.58. The zero-order valence-corrected chi connectivity index (χ0v) is 12.3. The summed E-state index contributed by atoms with van der Waals surface area (Å²) < 4.78 is 19.3. The van der Waals surface area contributed by atoms with Crippen LogP contribution in [0.5, 0.6) is 0 Å². The first-order valence-corrected chi connectivity index (χ1v) is 7.01. The van der Waals surface area contributed by atoms with E-state index < -0.39 is 5.82 Å². The van der Waals surface area contributed by atoms with E-state index in [0.29, 0.717) is 19.1 Å². The zero-order chi connectivity index (χ0) is 15.4. The van der Waals surface area contributed by atoms with Crippen molar-refractivity contribution < 1.29 is 13.9 Å². The van der Waals surface area contributed by atoms with Gasteiger partial charge in [-0.15, -0.1) is 0 Å². The minimum atomic E-state index is -0.726. The molecule has 1 aromatic heterocycles. The van der Waals surface area contributed by atoms with Crippen LogP contribution >= 0.6 is 0 Å². The first-order chi connectivity index (χ1) is 10.1. The first-order valence-electron chi connectivity index (χ1n) is 7.01. The minimum Gasteiger partial charge on any atom is -0.383 e. The Morgan fingerprint density at radius 3 is 2.95 bits per heavy atom. The summed E-state index contributed by atoms with van der Waals surface area (Å²) in [5.74, 6) is 4.47. The maximum absolute atomic E-state index is 14.2. The largest absolute Gasteiger partial charge is 0.383 e. The van der Waals surface area contributed by atoms with Gasteiger partial charge in [-0.1, -0.05) is 0 Å². The van der Waals surface area contributed by atoms with Crippen molar-refractivity contribution in [1.29, 1.82) is 0 Å². The van der Waals surface area contributed by atoms with E-state index >= 15 is 0 Å². The normalized spacial score (nSPS) is 15.6. The monoisotopic (exact) mass is 296 g/mol. The van der Waals surface area contributed by atoms with Gasteiger partial charge in [0.15, 0.2) is 11.6 Å². The molecule has 1 atom stereocenters. The number of anilines is 1. The predicted molar refractivity (Wildman–Crippen MR) is 77.1 cm³/mol. The number of hydrazine groups is 1. The van der Waals surface area contributed by atoms with E-state index in [0.717, 1.165) is 12.8 Å². The Labute approximate surface area is 123 Å². The van der Waals surface area contributed by atoms with Crippen molar-refractivity contribution in [2.45, 2.75) is 25.8 Å². The van der Waals surface area contributed by atoms with Crippen LogP contribution in [0.25, 0.3) is 0 Å². The second kappa shape index (κ2) is 6.82. The summed E-state index contributed by atoms with van der Waals surface area (Å²) in [6.45, 7) is 2.84. The molecular weight excluding hydrogens is 275 g/mol. The Kier molecular flexibility index (Phi) is 5.08. The van der Waals surface area contributed by atoms with Crippen LogP contribution in [0, 0.1) is 11.7 Å². The molecule has 1 aromatic rings. The maximum atomic E-state index is 14.2. The third-order valence-electron chi connectivity index (χ3n) is 3.85. The molecule has 0 radical (unpaired) electrons. The number of nitrogens with one attached hydrogen (secondary N) is 1. The number of nitrogens with two attached hydrogens (primary N) is 1. The second-order valence-corrected chi connectivity index (χ2v) is 5.23. The van der Waals surface area contributed by atoms with E-state index in [1.165, 1.54) is 12.3 Å². The molecule has 1 aliphatic carbocycles. The highest BCUT2D eigenvalue weighted by Gasteiger charge is 2.35. The van der Waals surface area contributed by atoms with Gasteiger partial charge >= 0.3 is 0 Å². The quantitative estimate of drug-likeness (QED) is 0.587. The molecule has 1 fully saturated rings. The third-order valence-corrected chi connectivity index (χ3v) is 3.85. The average molecular weight is 296 g/mol. The molecule has 0 bridgehead atoms. The summed E-state index contributed by atoms with van der Waals surface area (Å²) in [5.41, 5.74) is 2.13. The molecule has 0 aliphatic heterocycles. The van der Waals surface area contributed by atoms with Crippen LogP contribution < -0.4 is 11.3 Å². The summed E-state index contributed by atoms with van der Waals surface area (Å²) in [6.07, 6.45) is 3.57. The molecule has 0 spiro atoms. The Morgan fingerprint density at radius 2 is 2.38 bits per heavy atom. The van der Waals surface area contributed by atoms with E-state index in [-0.39, 0.29) is 23.3 Å². The minimum absolute atomic E-state index is 0.0263. The molecule has 1 aliphatic rings. The molecule has 7 heteroatoms. The van der Waals surface area contributed by atoms with E-state index in [1.807, 2.05) is 6.92 Å². The number of hydrogen-bond donors (Lipinski definition) is 2. The van der Waals surface area contributed by atoms with Crippen LogP contribution in [0.15, 0.2) is 12.3 Å². The van der Waals surface area contributed by atoms with Gasteiger partial charge in [-0.2, -0.15) is 0 Å². The molecule has 2 rings (SSSR count). The summed E-state index contributed by atoms with van der Waals surface area (Å²) in [4.78, 5) is 18.1. The van der Waals surface area contributed by atoms with Crippen molar-refractivity contribution in [1.82, 2.24) is 9.88 Å². The average Bonchev–Trinajstić information content (AvgIpc) is 3.32. The van der Waals surface area contributed by atoms with Crippen LogP contribution in [0.4, 0.5) is 10.2 Å². The number of pyridine rings is 1. The third kappa shape index (κ3) is 3.48. The fourth-order valence-corrected chi connectivity index (χ4v) is 2.38. The van der Waals surface area contributed by atoms with Crippen molar-refractivity contribution >= 4 is 11.7 Å². The highest BCUT2D eigenvalue weighted by molar-refractivity contribution is 5.95. The van der Waals surface area contributed by atoms with Crippen molar-refractivity contribution in [2.75, 3.05) is 25.7 Å². The van der Waals surface area contributed by atoms with E-state index in [2.05, 4.69) is 10.4 Å². The number of carbonyl (C=O) groups is 1. The van der Waals surface area contributed by atoms with Gasteiger partial charge in [0, 0.05) is 25.9 Å². The van der Waals surface area contributed by atoms with Gasteiger partial charge in [0.25, 0.3) is 5.91 Å². The van der Waals surface area contributed by atoms with Gasteiger partial charge in [0.05, 0.1) is 12.2 Å². The number of rotatable bonds is 7. The summed E-state index contributed by atoms with van der Waals surface area (Å²) in [5, 5.41) is 0.